The van der Waals surface area contributed by atoms with Crippen molar-refractivity contribution in [3.8, 4) is 17.1 Å². The Labute approximate surface area is 107 Å². The lowest BCUT2D eigenvalue weighted by Crippen LogP contribution is -1.96. The van der Waals surface area contributed by atoms with Crippen molar-refractivity contribution < 1.29 is 9.15 Å². The standard InChI is InChI=1S/C14H18N2O2/c1-4-17-12-6-9(2)11(5-10(12)3)13-8-16-14(7-15)18-13/h5-6,8H,4,7,15H2,1-3H3. The summed E-state index contributed by atoms with van der Waals surface area (Å²) in [6, 6.07) is 4.08. The van der Waals surface area contributed by atoms with Gasteiger partial charge in [0.15, 0.2) is 5.76 Å². The lowest BCUT2D eigenvalue weighted by atomic mass is 10.0. The van der Waals surface area contributed by atoms with E-state index in [0.717, 1.165) is 28.2 Å². The molecule has 1 heterocycles. The lowest BCUT2D eigenvalue weighted by Gasteiger charge is -2.10. The third-order valence-corrected chi connectivity index (χ3v) is 2.82. The van der Waals surface area contributed by atoms with Crippen LogP contribution >= 0.6 is 0 Å². The topological polar surface area (TPSA) is 61.3 Å². The number of ether oxygens (including phenoxy) is 1. The first-order chi connectivity index (χ1) is 8.65. The summed E-state index contributed by atoms with van der Waals surface area (Å²) in [6.07, 6.45) is 1.71. The SMILES string of the molecule is CCOc1cc(C)c(-c2cnc(CN)o2)cc1C. The number of nitrogens with two attached hydrogens (primary N) is 1. The summed E-state index contributed by atoms with van der Waals surface area (Å²) in [6.45, 7) is 7.01. The third-order valence-electron chi connectivity index (χ3n) is 2.82. The summed E-state index contributed by atoms with van der Waals surface area (Å²) >= 11 is 0. The van der Waals surface area contributed by atoms with E-state index in [1.165, 1.54) is 0 Å². The maximum Gasteiger partial charge on any atom is 0.208 e. The number of rotatable bonds is 4. The van der Waals surface area contributed by atoms with Crippen molar-refractivity contribution >= 4 is 0 Å². The molecule has 0 aliphatic carbocycles. The van der Waals surface area contributed by atoms with Crippen molar-refractivity contribution in [2.24, 2.45) is 5.73 Å². The molecule has 0 unspecified atom stereocenters. The molecule has 0 radical (unpaired) electrons. The monoisotopic (exact) mass is 246 g/mol. The van der Waals surface area contributed by atoms with Crippen molar-refractivity contribution in [3.05, 3.63) is 35.3 Å². The Hall–Kier alpha value is -1.81. The van der Waals surface area contributed by atoms with Crippen LogP contribution < -0.4 is 10.5 Å². The van der Waals surface area contributed by atoms with Crippen LogP contribution in [0.15, 0.2) is 22.7 Å². The quantitative estimate of drug-likeness (QED) is 0.901. The highest BCUT2D eigenvalue weighted by Gasteiger charge is 2.11. The molecule has 2 rings (SSSR count). The van der Waals surface area contributed by atoms with Crippen LogP contribution in [-0.4, -0.2) is 11.6 Å². The van der Waals surface area contributed by atoms with E-state index in [9.17, 15) is 0 Å². The summed E-state index contributed by atoms with van der Waals surface area (Å²) in [7, 11) is 0. The minimum absolute atomic E-state index is 0.315. The Kier molecular flexibility index (Phi) is 3.67. The molecule has 0 bridgehead atoms. The minimum Gasteiger partial charge on any atom is -0.494 e. The summed E-state index contributed by atoms with van der Waals surface area (Å²) < 4.78 is 11.1. The van der Waals surface area contributed by atoms with Gasteiger partial charge < -0.3 is 14.9 Å². The first kappa shape index (κ1) is 12.6. The van der Waals surface area contributed by atoms with E-state index in [1.807, 2.05) is 26.8 Å². The molecule has 0 fully saturated rings. The molecule has 0 saturated heterocycles. The minimum atomic E-state index is 0.315. The highest BCUT2D eigenvalue weighted by atomic mass is 16.5. The highest BCUT2D eigenvalue weighted by molar-refractivity contribution is 5.64. The molecule has 96 valence electrons. The summed E-state index contributed by atoms with van der Waals surface area (Å²) in [5, 5.41) is 0. The third kappa shape index (κ3) is 2.38. The fraction of sp³-hybridized carbons (Fsp3) is 0.357. The van der Waals surface area contributed by atoms with Crippen LogP contribution in [0.4, 0.5) is 0 Å². The molecule has 0 saturated carbocycles. The number of hydrogen-bond acceptors (Lipinski definition) is 4. The molecule has 0 amide bonds. The first-order valence-corrected chi connectivity index (χ1v) is 6.05. The van der Waals surface area contributed by atoms with Gasteiger partial charge in [-0.1, -0.05) is 0 Å². The summed E-state index contributed by atoms with van der Waals surface area (Å²) in [5.74, 6) is 2.22. The van der Waals surface area contributed by atoms with Crippen LogP contribution in [-0.2, 0) is 6.54 Å². The normalized spacial score (nSPS) is 10.7. The Morgan fingerprint density at radius 2 is 2.06 bits per heavy atom. The fourth-order valence-corrected chi connectivity index (χ4v) is 1.90. The first-order valence-electron chi connectivity index (χ1n) is 6.05. The average molecular weight is 246 g/mol. The Morgan fingerprint density at radius 3 is 2.67 bits per heavy atom. The Morgan fingerprint density at radius 1 is 1.28 bits per heavy atom. The van der Waals surface area contributed by atoms with Crippen LogP contribution in [0.5, 0.6) is 5.75 Å². The molecule has 4 nitrogen and oxygen atoms in total. The number of aryl methyl sites for hydroxylation is 2. The van der Waals surface area contributed by atoms with Crippen LogP contribution in [0.25, 0.3) is 11.3 Å². The molecule has 4 heteroatoms. The van der Waals surface area contributed by atoms with Gasteiger partial charge in [-0.05, 0) is 44.0 Å². The second kappa shape index (κ2) is 5.23. The average Bonchev–Trinajstić information content (AvgIpc) is 2.82. The molecule has 0 aliphatic heterocycles. The zero-order valence-corrected chi connectivity index (χ0v) is 11.0. The summed E-state index contributed by atoms with van der Waals surface area (Å²) in [5.41, 5.74) is 8.71. The lowest BCUT2D eigenvalue weighted by molar-refractivity contribution is 0.337. The van der Waals surface area contributed by atoms with Gasteiger partial charge in [0, 0.05) is 5.56 Å². The number of hydrogen-bond donors (Lipinski definition) is 1. The van der Waals surface area contributed by atoms with E-state index in [4.69, 9.17) is 14.9 Å². The second-order valence-corrected chi connectivity index (χ2v) is 4.19. The van der Waals surface area contributed by atoms with E-state index in [2.05, 4.69) is 11.1 Å². The van der Waals surface area contributed by atoms with Crippen molar-refractivity contribution in [2.45, 2.75) is 27.3 Å². The maximum atomic E-state index is 5.58. The number of nitrogens with zero attached hydrogens (tertiary/aromatic N) is 1. The zero-order chi connectivity index (χ0) is 13.1. The fourth-order valence-electron chi connectivity index (χ4n) is 1.90. The molecule has 1 aromatic heterocycles. The molecule has 2 N–H and O–H groups in total. The van der Waals surface area contributed by atoms with Crippen molar-refractivity contribution in [1.82, 2.24) is 4.98 Å². The van der Waals surface area contributed by atoms with E-state index in [0.29, 0.717) is 19.0 Å². The molecular weight excluding hydrogens is 228 g/mol. The Bertz CT molecular complexity index is 547. The number of benzene rings is 1. The van der Waals surface area contributed by atoms with Gasteiger partial charge in [-0.3, -0.25) is 0 Å². The van der Waals surface area contributed by atoms with Gasteiger partial charge in [0.05, 0.1) is 19.3 Å². The van der Waals surface area contributed by atoms with Crippen molar-refractivity contribution in [2.75, 3.05) is 6.61 Å². The van der Waals surface area contributed by atoms with E-state index < -0.39 is 0 Å². The molecular formula is C14H18N2O2. The molecule has 1 aromatic carbocycles. The van der Waals surface area contributed by atoms with Crippen molar-refractivity contribution in [1.29, 1.82) is 0 Å². The molecule has 0 spiro atoms. The summed E-state index contributed by atoms with van der Waals surface area (Å²) in [4.78, 5) is 4.12. The number of aromatic nitrogens is 1. The van der Waals surface area contributed by atoms with Gasteiger partial charge in [-0.25, -0.2) is 4.98 Å². The predicted molar refractivity (Wildman–Crippen MR) is 70.5 cm³/mol. The number of oxazole rings is 1. The van der Waals surface area contributed by atoms with Gasteiger partial charge in [-0.2, -0.15) is 0 Å². The Balaban J connectivity index is 2.42. The van der Waals surface area contributed by atoms with Crippen molar-refractivity contribution in [3.63, 3.8) is 0 Å². The van der Waals surface area contributed by atoms with Gasteiger partial charge in [0.1, 0.15) is 5.75 Å². The van der Waals surface area contributed by atoms with E-state index in [1.54, 1.807) is 6.20 Å². The van der Waals surface area contributed by atoms with Gasteiger partial charge in [-0.15, -0.1) is 0 Å². The highest BCUT2D eigenvalue weighted by Crippen LogP contribution is 2.30. The van der Waals surface area contributed by atoms with Gasteiger partial charge in [0.2, 0.25) is 5.89 Å². The molecule has 18 heavy (non-hydrogen) atoms. The van der Waals surface area contributed by atoms with E-state index in [-0.39, 0.29) is 0 Å². The van der Waals surface area contributed by atoms with E-state index >= 15 is 0 Å². The van der Waals surface area contributed by atoms with Gasteiger partial charge in [0.25, 0.3) is 0 Å². The van der Waals surface area contributed by atoms with Crippen LogP contribution in [0, 0.1) is 13.8 Å². The molecule has 0 aliphatic rings. The van der Waals surface area contributed by atoms with Crippen LogP contribution in [0.3, 0.4) is 0 Å². The zero-order valence-electron chi connectivity index (χ0n) is 11.0. The van der Waals surface area contributed by atoms with Crippen LogP contribution in [0.2, 0.25) is 0 Å². The molecule has 0 atom stereocenters. The largest absolute Gasteiger partial charge is 0.494 e. The van der Waals surface area contributed by atoms with Gasteiger partial charge >= 0.3 is 0 Å². The smallest absolute Gasteiger partial charge is 0.208 e. The molecule has 2 aromatic rings. The second-order valence-electron chi connectivity index (χ2n) is 4.19. The van der Waals surface area contributed by atoms with Crippen LogP contribution in [0.1, 0.15) is 23.9 Å². The predicted octanol–water partition coefficient (Wildman–Crippen LogP) is 2.82. The maximum absolute atomic E-state index is 5.58.